The first kappa shape index (κ1) is 80.2. The molecule has 0 saturated heterocycles. The largest absolute Gasteiger partial charge is 2.00 e. The monoisotopic (exact) mass is 1740 g/mol. The SMILES string of the molecule is Cc1cc(C)n(-c2nccc(Cc3[c-]c(Cc4[c-]cccc4)ccc3)n2)n1.[Pd+2].[Pd+2].[Pd+2].[Pd+2].[c-]1ccccc1Cc1[c-]c(Cc2cccc(C3=NC=CC3)n2)ccc1.[c-]1ccccc1Cc1[c-]c(Cc2cccc(C3=NC=CC3)n2)ccc1.[c-]1ccccc1Cc1[c-]c(Cc2ccnc(-n3cccn3)n2)ccc1. The van der Waals surface area contributed by atoms with Crippen LogP contribution in [0.3, 0.4) is 0 Å². The van der Waals surface area contributed by atoms with Crippen LogP contribution in [0.4, 0.5) is 0 Å². The molecule has 2 aliphatic heterocycles. The summed E-state index contributed by atoms with van der Waals surface area (Å²) in [5, 5.41) is 8.65. The number of aliphatic imine (C=N–C) groups is 2. The van der Waals surface area contributed by atoms with Crippen LogP contribution >= 0.6 is 0 Å². The third-order valence-corrected chi connectivity index (χ3v) is 16.6. The summed E-state index contributed by atoms with van der Waals surface area (Å²) in [6, 6.07) is 105. The molecule has 0 N–H and O–H groups in total. The summed E-state index contributed by atoms with van der Waals surface area (Å²) in [6.45, 7) is 3.98. The third kappa shape index (κ3) is 24.3. The van der Waals surface area contributed by atoms with Gasteiger partial charge in [-0.1, -0.05) is 24.3 Å². The molecule has 106 heavy (non-hydrogen) atoms. The minimum Gasteiger partial charge on any atom is -0.259 e. The van der Waals surface area contributed by atoms with Gasteiger partial charge in [-0.15, -0.1) is 0 Å². The van der Waals surface area contributed by atoms with Gasteiger partial charge in [0.05, 0.1) is 28.5 Å². The predicted molar refractivity (Wildman–Crippen MR) is 402 cm³/mol. The second kappa shape index (κ2) is 41.7. The van der Waals surface area contributed by atoms with Gasteiger partial charge < -0.3 is 0 Å². The van der Waals surface area contributed by atoms with Crippen molar-refractivity contribution in [1.82, 2.24) is 49.5 Å². The molecule has 12 nitrogen and oxygen atoms in total. The summed E-state index contributed by atoms with van der Waals surface area (Å²) in [7, 11) is 0. The van der Waals surface area contributed by atoms with Crippen LogP contribution in [0.2, 0.25) is 0 Å². The molecule has 0 radical (unpaired) electrons. The molecule has 0 bridgehead atoms. The molecule has 0 spiro atoms. The van der Waals surface area contributed by atoms with Gasteiger partial charge >= 0.3 is 81.7 Å². The molecule has 6 aromatic heterocycles. The summed E-state index contributed by atoms with van der Waals surface area (Å²) in [6.07, 6.45) is 23.0. The van der Waals surface area contributed by atoms with Gasteiger partial charge in [-0.2, -0.15) is 295 Å². The van der Waals surface area contributed by atoms with Crippen molar-refractivity contribution in [2.45, 2.75) is 78.1 Å². The second-order valence-corrected chi connectivity index (χ2v) is 24.6. The van der Waals surface area contributed by atoms with Gasteiger partial charge in [-0.25, -0.2) is 29.3 Å². The average molecular weight is 1750 g/mol. The summed E-state index contributed by atoms with van der Waals surface area (Å²) in [5.74, 6) is 1.19. The fraction of sp³-hybridized carbons (Fsp3) is 0.133. The zero-order valence-corrected chi connectivity index (χ0v) is 64.5. The van der Waals surface area contributed by atoms with E-state index in [1.54, 1.807) is 28.0 Å². The summed E-state index contributed by atoms with van der Waals surface area (Å²) in [4.78, 5) is 36.2. The first-order valence-corrected chi connectivity index (χ1v) is 34.1. The number of hydrogen-bond donors (Lipinski definition) is 0. The van der Waals surface area contributed by atoms with Crippen molar-refractivity contribution < 1.29 is 81.7 Å². The fourth-order valence-corrected chi connectivity index (χ4v) is 11.8. The Balaban J connectivity index is 0.000000162. The minimum absolute atomic E-state index is 0. The van der Waals surface area contributed by atoms with Crippen molar-refractivity contribution in [2.24, 2.45) is 9.98 Å². The molecule has 16 rings (SSSR count). The number of nitrogens with zero attached hydrogens (tertiary/aromatic N) is 12. The Morgan fingerprint density at radius 3 is 1.02 bits per heavy atom. The smallest absolute Gasteiger partial charge is 0.259 e. The van der Waals surface area contributed by atoms with Gasteiger partial charge in [0.25, 0.3) is 11.9 Å². The van der Waals surface area contributed by atoms with E-state index in [0.29, 0.717) is 24.7 Å². The Labute approximate surface area is 677 Å². The van der Waals surface area contributed by atoms with Gasteiger partial charge in [-0.05, 0) is 114 Å². The van der Waals surface area contributed by atoms with Crippen LogP contribution in [-0.2, 0) is 133 Å². The van der Waals surface area contributed by atoms with E-state index in [1.165, 1.54) is 33.4 Å². The molecule has 8 heterocycles. The number of aryl methyl sites for hydroxylation is 2. The molecule has 14 aromatic rings. The Morgan fingerprint density at radius 1 is 0.340 bits per heavy atom. The van der Waals surface area contributed by atoms with Gasteiger partial charge in [0.15, 0.2) is 0 Å². The van der Waals surface area contributed by atoms with E-state index in [1.807, 2.05) is 142 Å². The van der Waals surface area contributed by atoms with Gasteiger partial charge in [0.2, 0.25) is 0 Å². The second-order valence-electron chi connectivity index (χ2n) is 24.6. The van der Waals surface area contributed by atoms with Crippen molar-refractivity contribution in [2.75, 3.05) is 0 Å². The molecule has 0 unspecified atom stereocenters. The van der Waals surface area contributed by atoms with Gasteiger partial charge in [0, 0.05) is 78.5 Å². The molecule has 0 aliphatic carbocycles. The summed E-state index contributed by atoms with van der Waals surface area (Å²) >= 11 is 0. The Hall–Kier alpha value is -9.89. The van der Waals surface area contributed by atoms with Crippen molar-refractivity contribution in [1.29, 1.82) is 0 Å². The molecule has 16 heteroatoms. The van der Waals surface area contributed by atoms with E-state index in [-0.39, 0.29) is 81.7 Å². The molecule has 0 fully saturated rings. The maximum absolute atomic E-state index is 4.77. The Kier molecular flexibility index (Phi) is 31.6. The predicted octanol–water partition coefficient (Wildman–Crippen LogP) is 16.6. The first-order valence-electron chi connectivity index (χ1n) is 34.1. The molecule has 0 atom stereocenters. The quantitative estimate of drug-likeness (QED) is 0.0543. The zero-order valence-electron chi connectivity index (χ0n) is 58.3. The minimum atomic E-state index is 0. The van der Waals surface area contributed by atoms with Crippen LogP contribution in [0, 0.1) is 62.4 Å². The first-order chi connectivity index (χ1) is 50.3. The molecule has 8 aromatic carbocycles. The van der Waals surface area contributed by atoms with Crippen LogP contribution < -0.4 is 0 Å². The number of rotatable bonds is 20. The van der Waals surface area contributed by atoms with Crippen molar-refractivity contribution >= 4 is 11.4 Å². The number of aromatic nitrogens is 10. The maximum atomic E-state index is 4.77. The Bertz CT molecular complexity index is 5010. The Morgan fingerprint density at radius 2 is 0.689 bits per heavy atom. The number of hydrogen-bond acceptors (Lipinski definition) is 10. The standard InChI is InChI=1S/C23H20N4.2C23H18N2.C21H16N4.4Pd/c1-17-13-18(2)27(26-17)23-24-12-11-22(25-23)16-21-10-6-9-20(15-21)14-19-7-4-3-5-8-19;2*1-2-7-18(8-3-1)15-19-9-4-10-20(16-19)17-21-11-5-12-23(25-21)22-13-6-14-24-22;1-2-6-17(7-3-1)14-18-8-4-9-19(15-18)16-20-10-12-22-21(24-20)25-13-5-11-23-25;;;;/h3-7,9-13H,14,16H2,1-2H3;2*1-7,9-12,14H,13,15,17H2;1-6,8-13H,14,16H2;;;;/q4*-2;4*+2. The van der Waals surface area contributed by atoms with Gasteiger partial charge in [0.1, 0.15) is 0 Å². The van der Waals surface area contributed by atoms with E-state index in [9.17, 15) is 0 Å². The number of pyridine rings is 2. The van der Waals surface area contributed by atoms with Crippen LogP contribution in [0.25, 0.3) is 11.9 Å². The fourth-order valence-electron chi connectivity index (χ4n) is 11.8. The van der Waals surface area contributed by atoms with E-state index >= 15 is 0 Å². The number of allylic oxidation sites excluding steroid dienone is 2. The summed E-state index contributed by atoms with van der Waals surface area (Å²) < 4.78 is 3.44. The summed E-state index contributed by atoms with van der Waals surface area (Å²) in [5.41, 5.74) is 23.9. The van der Waals surface area contributed by atoms with Crippen molar-refractivity contribution in [3.05, 3.63) is 441 Å². The van der Waals surface area contributed by atoms with Crippen LogP contribution in [0.1, 0.15) is 125 Å². The molecule has 0 amide bonds. The van der Waals surface area contributed by atoms with Crippen molar-refractivity contribution in [3.63, 3.8) is 0 Å². The average Bonchev–Trinajstić information content (AvgIpc) is 1.79. The molecular formula is C90H72N12Pd4. The van der Waals surface area contributed by atoms with E-state index in [4.69, 9.17) is 9.97 Å². The van der Waals surface area contributed by atoms with Gasteiger partial charge in [-0.3, -0.25) is 20.0 Å². The van der Waals surface area contributed by atoms with E-state index in [2.05, 4.69) is 222 Å². The molecule has 2 aliphatic rings. The van der Waals surface area contributed by atoms with E-state index < -0.39 is 0 Å². The topological polar surface area (TPSA) is 138 Å². The normalized spacial score (nSPS) is 11.5. The molecular weight excluding hydrogens is 1670 g/mol. The zero-order chi connectivity index (χ0) is 69.3. The molecule has 0 saturated carbocycles. The van der Waals surface area contributed by atoms with Crippen molar-refractivity contribution in [3.8, 4) is 11.9 Å². The third-order valence-electron chi connectivity index (χ3n) is 16.6. The van der Waals surface area contributed by atoms with Crippen LogP contribution in [0.15, 0.2) is 290 Å². The van der Waals surface area contributed by atoms with Crippen LogP contribution in [-0.4, -0.2) is 60.9 Å². The number of benzene rings is 8. The molecule has 532 valence electrons. The maximum Gasteiger partial charge on any atom is 2.00 e. The van der Waals surface area contributed by atoms with E-state index in [0.717, 1.165) is 142 Å². The van der Waals surface area contributed by atoms with Crippen LogP contribution in [0.5, 0.6) is 0 Å².